The molecule has 3 aromatic rings. The minimum atomic E-state index is -3.92. The SMILES string of the molecule is Cc1ccc(S(=O)(=O)N(C)c2ccccc2C(=O)O)c2ccccc12. The Labute approximate surface area is 146 Å². The summed E-state index contributed by atoms with van der Waals surface area (Å²) in [5, 5.41) is 10.8. The first kappa shape index (κ1) is 17.0. The Bertz CT molecular complexity index is 1070. The van der Waals surface area contributed by atoms with Gasteiger partial charge in [-0.05, 0) is 36.1 Å². The highest BCUT2D eigenvalue weighted by atomic mass is 32.2. The summed E-state index contributed by atoms with van der Waals surface area (Å²) in [5.41, 5.74) is 1.03. The number of benzene rings is 3. The van der Waals surface area contributed by atoms with Crippen LogP contribution in [0.4, 0.5) is 5.69 Å². The average Bonchev–Trinajstić information content (AvgIpc) is 2.61. The van der Waals surface area contributed by atoms with Crippen LogP contribution >= 0.6 is 0 Å². The van der Waals surface area contributed by atoms with Crippen molar-refractivity contribution in [3.8, 4) is 0 Å². The van der Waals surface area contributed by atoms with E-state index in [0.717, 1.165) is 15.3 Å². The maximum Gasteiger partial charge on any atom is 0.337 e. The number of carboxylic acids is 1. The van der Waals surface area contributed by atoms with Crippen molar-refractivity contribution in [1.29, 1.82) is 0 Å². The fourth-order valence-electron chi connectivity index (χ4n) is 2.85. The third-order valence-electron chi connectivity index (χ3n) is 4.21. The van der Waals surface area contributed by atoms with Crippen molar-refractivity contribution in [2.24, 2.45) is 0 Å². The molecule has 0 aliphatic carbocycles. The van der Waals surface area contributed by atoms with Crippen LogP contribution in [-0.2, 0) is 10.0 Å². The molecule has 0 unspecified atom stereocenters. The quantitative estimate of drug-likeness (QED) is 0.775. The molecule has 0 spiro atoms. The fourth-order valence-corrected chi connectivity index (χ4v) is 4.26. The molecule has 3 aromatic carbocycles. The first-order chi connectivity index (χ1) is 11.8. The van der Waals surface area contributed by atoms with E-state index in [0.29, 0.717) is 5.39 Å². The van der Waals surface area contributed by atoms with E-state index in [9.17, 15) is 18.3 Å². The molecule has 0 saturated heterocycles. The van der Waals surface area contributed by atoms with Crippen LogP contribution in [0.15, 0.2) is 65.6 Å². The van der Waals surface area contributed by atoms with Gasteiger partial charge in [-0.25, -0.2) is 13.2 Å². The Hall–Kier alpha value is -2.86. The van der Waals surface area contributed by atoms with Crippen LogP contribution < -0.4 is 4.31 Å². The molecule has 0 fully saturated rings. The number of nitrogens with zero attached hydrogens (tertiary/aromatic N) is 1. The standard InChI is InChI=1S/C19H17NO4S/c1-13-11-12-18(15-8-4-3-7-14(13)15)25(23,24)20(2)17-10-6-5-9-16(17)19(21)22/h3-12H,1-2H3,(H,21,22). The number of hydrogen-bond donors (Lipinski definition) is 1. The van der Waals surface area contributed by atoms with E-state index in [1.54, 1.807) is 36.4 Å². The number of hydrogen-bond acceptors (Lipinski definition) is 3. The van der Waals surface area contributed by atoms with Gasteiger partial charge in [-0.2, -0.15) is 0 Å². The first-order valence-electron chi connectivity index (χ1n) is 7.63. The van der Waals surface area contributed by atoms with Gasteiger partial charge in [0.1, 0.15) is 0 Å². The van der Waals surface area contributed by atoms with Gasteiger partial charge < -0.3 is 5.11 Å². The maximum absolute atomic E-state index is 13.2. The van der Waals surface area contributed by atoms with E-state index in [-0.39, 0.29) is 16.1 Å². The Kier molecular flexibility index (Phi) is 4.22. The van der Waals surface area contributed by atoms with Crippen molar-refractivity contribution in [3.05, 3.63) is 71.8 Å². The van der Waals surface area contributed by atoms with E-state index < -0.39 is 16.0 Å². The Morgan fingerprint density at radius 1 is 0.920 bits per heavy atom. The predicted molar refractivity (Wildman–Crippen MR) is 97.7 cm³/mol. The smallest absolute Gasteiger partial charge is 0.337 e. The van der Waals surface area contributed by atoms with Crippen LogP contribution in [0.3, 0.4) is 0 Å². The van der Waals surface area contributed by atoms with Gasteiger partial charge in [-0.1, -0.05) is 42.5 Å². The zero-order valence-corrected chi connectivity index (χ0v) is 14.6. The van der Waals surface area contributed by atoms with Gasteiger partial charge in [-0.15, -0.1) is 0 Å². The first-order valence-corrected chi connectivity index (χ1v) is 9.07. The lowest BCUT2D eigenvalue weighted by molar-refractivity contribution is 0.0698. The lowest BCUT2D eigenvalue weighted by Gasteiger charge is -2.22. The summed E-state index contributed by atoms with van der Waals surface area (Å²) in [4.78, 5) is 11.6. The van der Waals surface area contributed by atoms with Gasteiger partial charge in [0.15, 0.2) is 0 Å². The highest BCUT2D eigenvalue weighted by molar-refractivity contribution is 7.93. The second-order valence-corrected chi connectivity index (χ2v) is 7.66. The van der Waals surface area contributed by atoms with E-state index in [2.05, 4.69) is 0 Å². The van der Waals surface area contributed by atoms with Crippen LogP contribution in [-0.4, -0.2) is 26.5 Å². The highest BCUT2D eigenvalue weighted by Gasteiger charge is 2.26. The minimum Gasteiger partial charge on any atom is -0.478 e. The molecule has 0 aliphatic heterocycles. The van der Waals surface area contributed by atoms with Gasteiger partial charge in [0.25, 0.3) is 10.0 Å². The van der Waals surface area contributed by atoms with Crippen molar-refractivity contribution in [3.63, 3.8) is 0 Å². The van der Waals surface area contributed by atoms with Crippen LogP contribution in [0, 0.1) is 6.92 Å². The number of para-hydroxylation sites is 1. The van der Waals surface area contributed by atoms with Gasteiger partial charge in [0.2, 0.25) is 0 Å². The summed E-state index contributed by atoms with van der Waals surface area (Å²) in [6.07, 6.45) is 0. The number of aromatic carboxylic acids is 1. The van der Waals surface area contributed by atoms with E-state index in [1.807, 2.05) is 19.1 Å². The van der Waals surface area contributed by atoms with Crippen LogP contribution in [0.5, 0.6) is 0 Å². The largest absolute Gasteiger partial charge is 0.478 e. The molecule has 25 heavy (non-hydrogen) atoms. The van der Waals surface area contributed by atoms with E-state index in [4.69, 9.17) is 0 Å². The number of aryl methyl sites for hydroxylation is 1. The summed E-state index contributed by atoms with van der Waals surface area (Å²) >= 11 is 0. The summed E-state index contributed by atoms with van der Waals surface area (Å²) in [7, 11) is -2.55. The predicted octanol–water partition coefficient (Wildman–Crippen LogP) is 3.67. The average molecular weight is 355 g/mol. The molecule has 0 bridgehead atoms. The molecular formula is C19H17NO4S. The summed E-state index contributed by atoms with van der Waals surface area (Å²) in [6, 6.07) is 16.6. The molecule has 0 saturated carbocycles. The molecular weight excluding hydrogens is 338 g/mol. The van der Waals surface area contributed by atoms with Gasteiger partial charge >= 0.3 is 5.97 Å². The van der Waals surface area contributed by atoms with Crippen LogP contribution in [0.1, 0.15) is 15.9 Å². The second kappa shape index (κ2) is 6.22. The molecule has 0 aliphatic rings. The topological polar surface area (TPSA) is 74.7 Å². The van der Waals surface area contributed by atoms with Crippen molar-refractivity contribution in [2.75, 3.05) is 11.4 Å². The lowest BCUT2D eigenvalue weighted by Crippen LogP contribution is -2.28. The Morgan fingerprint density at radius 3 is 2.20 bits per heavy atom. The molecule has 0 aromatic heterocycles. The molecule has 0 heterocycles. The number of anilines is 1. The maximum atomic E-state index is 13.2. The number of carboxylic acid groups (broad SMARTS) is 1. The molecule has 5 nitrogen and oxygen atoms in total. The lowest BCUT2D eigenvalue weighted by atomic mass is 10.1. The number of fused-ring (bicyclic) bond motifs is 1. The van der Waals surface area contributed by atoms with E-state index in [1.165, 1.54) is 19.2 Å². The van der Waals surface area contributed by atoms with Crippen molar-refractivity contribution in [2.45, 2.75) is 11.8 Å². The van der Waals surface area contributed by atoms with Gasteiger partial charge in [-0.3, -0.25) is 4.31 Å². The normalized spacial score (nSPS) is 11.4. The molecule has 0 radical (unpaired) electrons. The molecule has 6 heteroatoms. The third-order valence-corrected chi connectivity index (χ3v) is 6.04. The van der Waals surface area contributed by atoms with Gasteiger partial charge in [0, 0.05) is 12.4 Å². The molecule has 0 amide bonds. The Morgan fingerprint density at radius 2 is 1.52 bits per heavy atom. The highest BCUT2D eigenvalue weighted by Crippen LogP contribution is 2.31. The summed E-state index contributed by atoms with van der Waals surface area (Å²) < 4.78 is 27.4. The van der Waals surface area contributed by atoms with Crippen molar-refractivity contribution < 1.29 is 18.3 Å². The van der Waals surface area contributed by atoms with Crippen LogP contribution in [0.25, 0.3) is 10.8 Å². The number of rotatable bonds is 4. The van der Waals surface area contributed by atoms with Crippen molar-refractivity contribution >= 4 is 32.5 Å². The number of carbonyl (C=O) groups is 1. The number of sulfonamides is 1. The second-order valence-electron chi connectivity index (χ2n) is 5.72. The fraction of sp³-hybridized carbons (Fsp3) is 0.105. The summed E-state index contributed by atoms with van der Waals surface area (Å²) in [5.74, 6) is -1.17. The van der Waals surface area contributed by atoms with Gasteiger partial charge in [0.05, 0.1) is 16.1 Å². The Balaban J connectivity index is 2.22. The summed E-state index contributed by atoms with van der Waals surface area (Å²) in [6.45, 7) is 1.92. The zero-order valence-electron chi connectivity index (χ0n) is 13.8. The molecule has 1 N–H and O–H groups in total. The van der Waals surface area contributed by atoms with E-state index >= 15 is 0 Å². The molecule has 3 rings (SSSR count). The molecule has 128 valence electrons. The third kappa shape index (κ3) is 2.85. The molecule has 0 atom stereocenters. The minimum absolute atomic E-state index is 0.0648. The monoisotopic (exact) mass is 355 g/mol. The van der Waals surface area contributed by atoms with Crippen LogP contribution in [0.2, 0.25) is 0 Å². The zero-order chi connectivity index (χ0) is 18.2. The van der Waals surface area contributed by atoms with Crippen molar-refractivity contribution in [1.82, 2.24) is 0 Å².